The number of piperidine rings is 1. The number of hydrogen-bond acceptors (Lipinski definition) is 6. The number of hydrogen-bond donors (Lipinski definition) is 1. The topological polar surface area (TPSA) is 81.0 Å². The van der Waals surface area contributed by atoms with Gasteiger partial charge in [-0.1, -0.05) is 29.8 Å². The van der Waals surface area contributed by atoms with Crippen LogP contribution in [0, 0.1) is 19.8 Å². The number of aryl methyl sites for hydroxylation is 2. The van der Waals surface area contributed by atoms with Gasteiger partial charge in [0.1, 0.15) is 5.52 Å². The molecule has 2 aliphatic heterocycles. The monoisotopic (exact) mass is 483 g/mol. The third-order valence-electron chi connectivity index (χ3n) is 7.02. The Morgan fingerprint density at radius 2 is 2.00 bits per heavy atom. The summed E-state index contributed by atoms with van der Waals surface area (Å²) in [6, 6.07) is 14.3. The van der Waals surface area contributed by atoms with E-state index >= 15 is 0 Å². The van der Waals surface area contributed by atoms with Crippen molar-refractivity contribution in [1.29, 1.82) is 0 Å². The SMILES string of the molecule is Cc1ccc(-c2cc3c(N4CCC[C@@H](C(=O)NCc5ccc6c(c5)OCO6)C4)nccn3n2)c(C)c1. The van der Waals surface area contributed by atoms with Crippen LogP contribution in [0.2, 0.25) is 0 Å². The average Bonchev–Trinajstić information content (AvgIpc) is 3.54. The van der Waals surface area contributed by atoms with Crippen LogP contribution in [0.15, 0.2) is 54.9 Å². The predicted octanol–water partition coefficient (Wildman–Crippen LogP) is 4.27. The van der Waals surface area contributed by atoms with E-state index < -0.39 is 0 Å². The van der Waals surface area contributed by atoms with E-state index in [1.807, 2.05) is 28.9 Å². The number of anilines is 1. The van der Waals surface area contributed by atoms with Gasteiger partial charge in [-0.05, 0) is 56.0 Å². The quantitative estimate of drug-likeness (QED) is 0.457. The van der Waals surface area contributed by atoms with Crippen LogP contribution in [0.1, 0.15) is 29.5 Å². The fourth-order valence-corrected chi connectivity index (χ4v) is 5.15. The van der Waals surface area contributed by atoms with Gasteiger partial charge in [-0.2, -0.15) is 5.10 Å². The summed E-state index contributed by atoms with van der Waals surface area (Å²) in [5.74, 6) is 2.31. The fourth-order valence-electron chi connectivity index (χ4n) is 5.15. The highest BCUT2D eigenvalue weighted by molar-refractivity contribution is 5.81. The first-order chi connectivity index (χ1) is 17.5. The number of rotatable bonds is 5. The lowest BCUT2D eigenvalue weighted by molar-refractivity contribution is -0.125. The maximum absolute atomic E-state index is 13.1. The Hall–Kier alpha value is -4.07. The molecule has 4 heterocycles. The van der Waals surface area contributed by atoms with Crippen molar-refractivity contribution < 1.29 is 14.3 Å². The highest BCUT2D eigenvalue weighted by Crippen LogP contribution is 2.33. The first-order valence-corrected chi connectivity index (χ1v) is 12.4. The summed E-state index contributed by atoms with van der Waals surface area (Å²) in [5, 5.41) is 7.93. The van der Waals surface area contributed by atoms with Gasteiger partial charge >= 0.3 is 0 Å². The molecule has 0 radical (unpaired) electrons. The predicted molar refractivity (Wildman–Crippen MR) is 137 cm³/mol. The molecular weight excluding hydrogens is 454 g/mol. The second kappa shape index (κ2) is 9.18. The molecule has 8 heteroatoms. The highest BCUT2D eigenvalue weighted by Gasteiger charge is 2.28. The van der Waals surface area contributed by atoms with Crippen LogP contribution in [0.4, 0.5) is 5.82 Å². The summed E-state index contributed by atoms with van der Waals surface area (Å²) in [4.78, 5) is 20.0. The molecule has 184 valence electrons. The zero-order valence-electron chi connectivity index (χ0n) is 20.5. The van der Waals surface area contributed by atoms with Gasteiger partial charge < -0.3 is 19.7 Å². The van der Waals surface area contributed by atoms with E-state index in [2.05, 4.69) is 48.3 Å². The van der Waals surface area contributed by atoms with E-state index in [1.54, 1.807) is 6.20 Å². The Bertz CT molecular complexity index is 1450. The molecule has 2 aliphatic rings. The molecule has 0 bridgehead atoms. The van der Waals surface area contributed by atoms with E-state index in [9.17, 15) is 4.79 Å². The van der Waals surface area contributed by atoms with Gasteiger partial charge in [0.05, 0.1) is 11.6 Å². The molecule has 0 unspecified atom stereocenters. The minimum absolute atomic E-state index is 0.0637. The number of nitrogens with one attached hydrogen (secondary N) is 1. The Morgan fingerprint density at radius 3 is 2.89 bits per heavy atom. The number of benzene rings is 2. The van der Waals surface area contributed by atoms with Crippen molar-refractivity contribution in [3.8, 4) is 22.8 Å². The van der Waals surface area contributed by atoms with Crippen molar-refractivity contribution in [1.82, 2.24) is 19.9 Å². The van der Waals surface area contributed by atoms with Crippen LogP contribution in [-0.4, -0.2) is 40.4 Å². The molecule has 2 aromatic carbocycles. The summed E-state index contributed by atoms with van der Waals surface area (Å²) >= 11 is 0. The molecule has 1 atom stereocenters. The van der Waals surface area contributed by atoms with Crippen LogP contribution in [0.25, 0.3) is 16.8 Å². The van der Waals surface area contributed by atoms with Crippen molar-refractivity contribution in [3.05, 3.63) is 71.5 Å². The summed E-state index contributed by atoms with van der Waals surface area (Å²) < 4.78 is 12.7. The molecule has 0 aliphatic carbocycles. The zero-order valence-corrected chi connectivity index (χ0v) is 20.5. The number of carbonyl (C=O) groups is 1. The molecule has 2 aromatic heterocycles. The molecule has 36 heavy (non-hydrogen) atoms. The standard InChI is InChI=1S/C28H29N5O3/c1-18-5-7-22(19(2)12-18)23-14-24-27(29-9-11-33(24)31-23)32-10-3-4-21(16-32)28(34)30-15-20-6-8-25-26(13-20)36-17-35-25/h5-9,11-14,21H,3-4,10,15-17H2,1-2H3,(H,30,34)/t21-/m1/s1. The molecule has 6 rings (SSSR count). The summed E-state index contributed by atoms with van der Waals surface area (Å²) in [7, 11) is 0. The lowest BCUT2D eigenvalue weighted by Crippen LogP contribution is -2.43. The first-order valence-electron chi connectivity index (χ1n) is 12.4. The molecule has 0 saturated carbocycles. The molecule has 0 spiro atoms. The molecule has 1 fully saturated rings. The largest absolute Gasteiger partial charge is 0.454 e. The Labute approximate surface area is 209 Å². The summed E-state index contributed by atoms with van der Waals surface area (Å²) in [6.07, 6.45) is 5.46. The molecule has 1 amide bonds. The van der Waals surface area contributed by atoms with E-state index in [1.165, 1.54) is 11.1 Å². The number of amides is 1. The Kier molecular flexibility index (Phi) is 5.71. The van der Waals surface area contributed by atoms with Crippen molar-refractivity contribution in [2.45, 2.75) is 33.2 Å². The smallest absolute Gasteiger partial charge is 0.231 e. The van der Waals surface area contributed by atoms with Crippen LogP contribution in [-0.2, 0) is 11.3 Å². The second-order valence-electron chi connectivity index (χ2n) is 9.62. The van der Waals surface area contributed by atoms with Crippen molar-refractivity contribution in [2.24, 2.45) is 5.92 Å². The number of nitrogens with zero attached hydrogens (tertiary/aromatic N) is 4. The van der Waals surface area contributed by atoms with Crippen LogP contribution >= 0.6 is 0 Å². The Balaban J connectivity index is 1.18. The lowest BCUT2D eigenvalue weighted by Gasteiger charge is -2.33. The highest BCUT2D eigenvalue weighted by atomic mass is 16.7. The van der Waals surface area contributed by atoms with Crippen LogP contribution in [0.3, 0.4) is 0 Å². The molecule has 1 saturated heterocycles. The molecule has 1 N–H and O–H groups in total. The normalized spacial score (nSPS) is 16.9. The molecule has 8 nitrogen and oxygen atoms in total. The van der Waals surface area contributed by atoms with Gasteiger partial charge in [0.25, 0.3) is 0 Å². The van der Waals surface area contributed by atoms with Gasteiger partial charge in [-0.15, -0.1) is 0 Å². The number of fused-ring (bicyclic) bond motifs is 2. The first kappa shape index (κ1) is 22.4. The van der Waals surface area contributed by atoms with Crippen molar-refractivity contribution >= 4 is 17.2 Å². The molecule has 4 aromatic rings. The maximum Gasteiger partial charge on any atom is 0.231 e. The van der Waals surface area contributed by atoms with Gasteiger partial charge in [0.2, 0.25) is 12.7 Å². The zero-order chi connectivity index (χ0) is 24.6. The minimum atomic E-state index is -0.100. The number of aromatic nitrogens is 3. The number of ether oxygens (including phenoxy) is 2. The number of carbonyl (C=O) groups excluding carboxylic acids is 1. The van der Waals surface area contributed by atoms with Crippen molar-refractivity contribution in [2.75, 3.05) is 24.8 Å². The van der Waals surface area contributed by atoms with Crippen LogP contribution < -0.4 is 19.7 Å². The minimum Gasteiger partial charge on any atom is -0.454 e. The second-order valence-corrected chi connectivity index (χ2v) is 9.62. The van der Waals surface area contributed by atoms with Gasteiger partial charge in [0.15, 0.2) is 17.3 Å². The van der Waals surface area contributed by atoms with Gasteiger partial charge in [-0.25, -0.2) is 9.50 Å². The molecular formula is C28H29N5O3. The van der Waals surface area contributed by atoms with E-state index in [4.69, 9.17) is 19.6 Å². The van der Waals surface area contributed by atoms with E-state index in [0.29, 0.717) is 13.1 Å². The summed E-state index contributed by atoms with van der Waals surface area (Å²) in [6.45, 7) is 6.41. The van der Waals surface area contributed by atoms with E-state index in [-0.39, 0.29) is 18.6 Å². The van der Waals surface area contributed by atoms with Crippen molar-refractivity contribution in [3.63, 3.8) is 0 Å². The van der Waals surface area contributed by atoms with Gasteiger partial charge in [0, 0.05) is 37.6 Å². The maximum atomic E-state index is 13.1. The van der Waals surface area contributed by atoms with Gasteiger partial charge in [-0.3, -0.25) is 4.79 Å². The summed E-state index contributed by atoms with van der Waals surface area (Å²) in [5.41, 5.74) is 6.42. The Morgan fingerprint density at radius 1 is 1.11 bits per heavy atom. The fraction of sp³-hybridized carbons (Fsp3) is 0.321. The van der Waals surface area contributed by atoms with Crippen LogP contribution in [0.5, 0.6) is 11.5 Å². The third kappa shape index (κ3) is 4.23. The average molecular weight is 484 g/mol. The third-order valence-corrected chi connectivity index (χ3v) is 7.02. The lowest BCUT2D eigenvalue weighted by atomic mass is 9.97. The van der Waals surface area contributed by atoms with E-state index in [0.717, 1.165) is 59.0 Å².